The smallest absolute Gasteiger partial charge is 0.251 e. The predicted octanol–water partition coefficient (Wildman–Crippen LogP) is 3.03. The summed E-state index contributed by atoms with van der Waals surface area (Å²) in [6.07, 6.45) is 5.33. The van der Waals surface area contributed by atoms with Crippen LogP contribution in [-0.2, 0) is 6.54 Å². The molecule has 0 spiro atoms. The first-order valence-electron chi connectivity index (χ1n) is 7.20. The molecule has 0 aliphatic heterocycles. The van der Waals surface area contributed by atoms with Crippen molar-refractivity contribution in [3.05, 3.63) is 71.6 Å². The number of halogens is 1. The number of pyridine rings is 1. The van der Waals surface area contributed by atoms with E-state index in [1.54, 1.807) is 36.7 Å². The number of rotatable bonds is 5. The summed E-state index contributed by atoms with van der Waals surface area (Å²) in [6, 6.07) is 12.5. The van der Waals surface area contributed by atoms with Crippen molar-refractivity contribution in [3.8, 4) is 11.5 Å². The molecule has 2 aromatic heterocycles. The molecular weight excluding hydrogens is 312 g/mol. The third-order valence-corrected chi connectivity index (χ3v) is 3.61. The summed E-state index contributed by atoms with van der Waals surface area (Å²) in [5.74, 6) is 0.660. The van der Waals surface area contributed by atoms with Crippen LogP contribution in [0.5, 0.6) is 0 Å². The summed E-state index contributed by atoms with van der Waals surface area (Å²) in [4.78, 5) is 20.7. The second kappa shape index (κ2) is 7.07. The van der Waals surface area contributed by atoms with Gasteiger partial charge in [0.05, 0.1) is 0 Å². The van der Waals surface area contributed by atoms with Gasteiger partial charge in [-0.25, -0.2) is 4.98 Å². The molecule has 0 unspecified atom stereocenters. The fourth-order valence-corrected chi connectivity index (χ4v) is 2.34. The van der Waals surface area contributed by atoms with Gasteiger partial charge in [0.2, 0.25) is 0 Å². The molecule has 1 amide bonds. The van der Waals surface area contributed by atoms with E-state index in [9.17, 15) is 4.79 Å². The highest BCUT2D eigenvalue weighted by Gasteiger charge is 2.08. The molecule has 1 aromatic carbocycles. The van der Waals surface area contributed by atoms with Crippen molar-refractivity contribution < 1.29 is 4.79 Å². The highest BCUT2D eigenvalue weighted by molar-refractivity contribution is 6.30. The van der Waals surface area contributed by atoms with Gasteiger partial charge in [0.1, 0.15) is 5.69 Å². The lowest BCUT2D eigenvalue weighted by atomic mass is 10.2. The monoisotopic (exact) mass is 326 g/mol. The number of imidazole rings is 1. The zero-order valence-corrected chi connectivity index (χ0v) is 13.1. The molecule has 5 nitrogen and oxygen atoms in total. The maximum atomic E-state index is 12.0. The lowest BCUT2D eigenvalue weighted by Gasteiger charge is -2.09. The minimum Gasteiger partial charge on any atom is -0.350 e. The minimum absolute atomic E-state index is 0.124. The molecule has 23 heavy (non-hydrogen) atoms. The molecule has 0 saturated carbocycles. The number of nitrogens with zero attached hydrogens (tertiary/aromatic N) is 3. The number of benzene rings is 1. The van der Waals surface area contributed by atoms with Gasteiger partial charge in [-0.15, -0.1) is 0 Å². The molecule has 0 saturated heterocycles. The van der Waals surface area contributed by atoms with Crippen LogP contribution in [0.25, 0.3) is 11.5 Å². The van der Waals surface area contributed by atoms with Crippen LogP contribution in [-0.4, -0.2) is 27.0 Å². The molecule has 0 aliphatic rings. The standard InChI is InChI=1S/C17H15ClN4O/c18-14-6-4-13(5-7-14)17(23)21-10-12-22-11-9-20-16(22)15-3-1-2-8-19-15/h1-9,11H,10,12H2,(H,21,23). The molecule has 3 aromatic rings. The Labute approximate surface area is 139 Å². The lowest BCUT2D eigenvalue weighted by molar-refractivity contribution is 0.0952. The van der Waals surface area contributed by atoms with Crippen LogP contribution < -0.4 is 5.32 Å². The Morgan fingerprint density at radius 2 is 1.91 bits per heavy atom. The first kappa shape index (κ1) is 15.2. The highest BCUT2D eigenvalue weighted by Crippen LogP contribution is 2.13. The molecule has 1 N–H and O–H groups in total. The first-order valence-corrected chi connectivity index (χ1v) is 7.58. The second-order valence-corrected chi connectivity index (χ2v) is 5.36. The molecule has 116 valence electrons. The molecule has 3 rings (SSSR count). The number of amides is 1. The number of carbonyl (C=O) groups is 1. The van der Waals surface area contributed by atoms with Crippen molar-refractivity contribution >= 4 is 17.5 Å². The van der Waals surface area contributed by atoms with Crippen LogP contribution in [0, 0.1) is 0 Å². The Bertz CT molecular complexity index is 784. The van der Waals surface area contributed by atoms with E-state index in [1.165, 1.54) is 0 Å². The van der Waals surface area contributed by atoms with E-state index in [1.807, 2.05) is 29.0 Å². The average Bonchev–Trinajstić information content (AvgIpc) is 3.05. The van der Waals surface area contributed by atoms with Crippen molar-refractivity contribution in [3.63, 3.8) is 0 Å². The maximum Gasteiger partial charge on any atom is 0.251 e. The van der Waals surface area contributed by atoms with Crippen LogP contribution in [0.15, 0.2) is 61.1 Å². The molecule has 0 bridgehead atoms. The van der Waals surface area contributed by atoms with Crippen LogP contribution in [0.3, 0.4) is 0 Å². The number of hydrogen-bond donors (Lipinski definition) is 1. The zero-order valence-electron chi connectivity index (χ0n) is 12.3. The molecular formula is C17H15ClN4O. The van der Waals surface area contributed by atoms with E-state index in [0.29, 0.717) is 23.7 Å². The van der Waals surface area contributed by atoms with E-state index in [2.05, 4.69) is 15.3 Å². The Hall–Kier alpha value is -2.66. The normalized spacial score (nSPS) is 10.5. The van der Waals surface area contributed by atoms with Gasteiger partial charge >= 0.3 is 0 Å². The third kappa shape index (κ3) is 3.76. The summed E-state index contributed by atoms with van der Waals surface area (Å²) >= 11 is 5.82. The number of nitrogens with one attached hydrogen (secondary N) is 1. The fraction of sp³-hybridized carbons (Fsp3) is 0.118. The van der Waals surface area contributed by atoms with Gasteiger partial charge in [-0.05, 0) is 36.4 Å². The molecule has 0 radical (unpaired) electrons. The van der Waals surface area contributed by atoms with Crippen LogP contribution in [0.1, 0.15) is 10.4 Å². The van der Waals surface area contributed by atoms with Crippen molar-refractivity contribution in [2.45, 2.75) is 6.54 Å². The zero-order chi connectivity index (χ0) is 16.1. The van der Waals surface area contributed by atoms with Gasteiger partial charge in [0, 0.05) is 42.3 Å². The van der Waals surface area contributed by atoms with Gasteiger partial charge in [-0.1, -0.05) is 17.7 Å². The Balaban J connectivity index is 1.60. The predicted molar refractivity (Wildman–Crippen MR) is 89.2 cm³/mol. The van der Waals surface area contributed by atoms with E-state index in [-0.39, 0.29) is 5.91 Å². The van der Waals surface area contributed by atoms with Crippen molar-refractivity contribution in [1.82, 2.24) is 19.9 Å². The van der Waals surface area contributed by atoms with Gasteiger partial charge in [-0.2, -0.15) is 0 Å². The maximum absolute atomic E-state index is 12.0. The molecule has 0 aliphatic carbocycles. The van der Waals surface area contributed by atoms with Gasteiger partial charge in [-0.3, -0.25) is 9.78 Å². The lowest BCUT2D eigenvalue weighted by Crippen LogP contribution is -2.27. The van der Waals surface area contributed by atoms with Crippen LogP contribution in [0.2, 0.25) is 5.02 Å². The van der Waals surface area contributed by atoms with Crippen LogP contribution >= 0.6 is 11.6 Å². The summed E-state index contributed by atoms with van der Waals surface area (Å²) in [5.41, 5.74) is 1.39. The molecule has 0 fully saturated rings. The van der Waals surface area contributed by atoms with Gasteiger partial charge in [0.25, 0.3) is 5.91 Å². The second-order valence-electron chi connectivity index (χ2n) is 4.92. The van der Waals surface area contributed by atoms with E-state index in [4.69, 9.17) is 11.6 Å². The Morgan fingerprint density at radius 3 is 2.65 bits per heavy atom. The number of carbonyl (C=O) groups excluding carboxylic acids is 1. The molecule has 0 atom stereocenters. The fourth-order valence-electron chi connectivity index (χ4n) is 2.21. The summed E-state index contributed by atoms with van der Waals surface area (Å²) in [6.45, 7) is 1.11. The highest BCUT2D eigenvalue weighted by atomic mass is 35.5. The topological polar surface area (TPSA) is 59.8 Å². The van der Waals surface area contributed by atoms with Crippen molar-refractivity contribution in [1.29, 1.82) is 0 Å². The quantitative estimate of drug-likeness (QED) is 0.784. The van der Waals surface area contributed by atoms with Crippen LogP contribution in [0.4, 0.5) is 0 Å². The summed E-state index contributed by atoms with van der Waals surface area (Å²) in [5, 5.41) is 3.50. The van der Waals surface area contributed by atoms with Gasteiger partial charge < -0.3 is 9.88 Å². The summed E-state index contributed by atoms with van der Waals surface area (Å²) < 4.78 is 1.96. The first-order chi connectivity index (χ1) is 11.2. The summed E-state index contributed by atoms with van der Waals surface area (Å²) in [7, 11) is 0. The average molecular weight is 327 g/mol. The van der Waals surface area contributed by atoms with E-state index in [0.717, 1.165) is 11.5 Å². The number of aromatic nitrogens is 3. The molecule has 6 heteroatoms. The Morgan fingerprint density at radius 1 is 1.09 bits per heavy atom. The Kier molecular flexibility index (Phi) is 4.68. The van der Waals surface area contributed by atoms with Gasteiger partial charge in [0.15, 0.2) is 5.82 Å². The van der Waals surface area contributed by atoms with Crippen molar-refractivity contribution in [2.24, 2.45) is 0 Å². The SMILES string of the molecule is O=C(NCCn1ccnc1-c1ccccn1)c1ccc(Cl)cc1. The largest absolute Gasteiger partial charge is 0.350 e. The van der Waals surface area contributed by atoms with Crippen molar-refractivity contribution in [2.75, 3.05) is 6.54 Å². The van der Waals surface area contributed by atoms with E-state index < -0.39 is 0 Å². The minimum atomic E-state index is -0.124. The number of hydrogen-bond acceptors (Lipinski definition) is 3. The third-order valence-electron chi connectivity index (χ3n) is 3.35. The van der Waals surface area contributed by atoms with E-state index >= 15 is 0 Å². The molecule has 2 heterocycles.